The minimum absolute atomic E-state index is 0.111. The van der Waals surface area contributed by atoms with Crippen molar-refractivity contribution >= 4 is 35.7 Å². The van der Waals surface area contributed by atoms with Gasteiger partial charge in [-0.25, -0.2) is 8.42 Å². The highest BCUT2D eigenvalue weighted by molar-refractivity contribution is 9.10. The summed E-state index contributed by atoms with van der Waals surface area (Å²) in [5.74, 6) is 0.286. The number of ether oxygens (including phenoxy) is 1. The fourth-order valence-electron chi connectivity index (χ4n) is 0.978. The van der Waals surface area contributed by atoms with Gasteiger partial charge in [0.15, 0.2) is 0 Å². The first-order valence-electron chi connectivity index (χ1n) is 3.62. The fraction of sp³-hybridized carbons (Fsp3) is 0.125. The van der Waals surface area contributed by atoms with E-state index in [9.17, 15) is 8.42 Å². The topological polar surface area (TPSA) is 67.2 Å². The van der Waals surface area contributed by atoms with Crippen LogP contribution in [-0.4, -0.2) is 15.5 Å². The molecule has 1 rings (SSSR count). The molecule has 0 aliphatic heterocycles. The average molecular weight is 311 g/mol. The van der Waals surface area contributed by atoms with Gasteiger partial charge in [0, 0.05) is 15.2 Å². The van der Waals surface area contributed by atoms with Crippen LogP contribution in [0.4, 0.5) is 0 Å². The number of nitrogens with zero attached hydrogens (tertiary/aromatic N) is 1. The van der Waals surface area contributed by atoms with Crippen molar-refractivity contribution in [3.05, 3.63) is 22.2 Å². The molecule has 0 saturated heterocycles. The van der Waals surface area contributed by atoms with Gasteiger partial charge in [-0.1, -0.05) is 0 Å². The summed E-state index contributed by atoms with van der Waals surface area (Å²) in [5, 5.41) is 8.75. The first-order chi connectivity index (χ1) is 6.90. The Morgan fingerprint density at radius 2 is 2.13 bits per heavy atom. The number of rotatable bonds is 2. The van der Waals surface area contributed by atoms with Crippen LogP contribution in [0.2, 0.25) is 0 Å². The Kier molecular flexibility index (Phi) is 3.60. The molecule has 0 heterocycles. The van der Waals surface area contributed by atoms with E-state index in [0.717, 1.165) is 6.07 Å². The zero-order valence-electron chi connectivity index (χ0n) is 7.49. The molecule has 1 aromatic carbocycles. The Balaban J connectivity index is 3.55. The summed E-state index contributed by atoms with van der Waals surface area (Å²) < 4.78 is 27.4. The van der Waals surface area contributed by atoms with Gasteiger partial charge in [-0.3, -0.25) is 0 Å². The van der Waals surface area contributed by atoms with Gasteiger partial charge in [0.1, 0.15) is 11.8 Å². The van der Waals surface area contributed by atoms with E-state index in [4.69, 9.17) is 20.7 Å². The number of methoxy groups -OCH3 is 1. The molecule has 1 aromatic rings. The number of hydrogen-bond acceptors (Lipinski definition) is 4. The van der Waals surface area contributed by atoms with Crippen molar-refractivity contribution in [2.24, 2.45) is 0 Å². The Bertz CT molecular complexity index is 536. The standard InChI is InChI=1S/C8H5BrClNO3S/c1-14-7-3-6(9)8(15(10,12)13)2-5(7)4-11/h2-3H,1H3. The van der Waals surface area contributed by atoms with E-state index >= 15 is 0 Å². The molecule has 4 nitrogen and oxygen atoms in total. The van der Waals surface area contributed by atoms with Crippen molar-refractivity contribution in [1.82, 2.24) is 0 Å². The second-order valence-electron chi connectivity index (χ2n) is 2.53. The SMILES string of the molecule is COc1cc(Br)c(S(=O)(=O)Cl)cc1C#N. The summed E-state index contributed by atoms with van der Waals surface area (Å²) >= 11 is 3.03. The van der Waals surface area contributed by atoms with E-state index in [1.807, 2.05) is 6.07 Å². The maximum Gasteiger partial charge on any atom is 0.262 e. The molecule has 0 N–H and O–H groups in total. The molecule has 0 fully saturated rings. The molecular weight excluding hydrogens is 306 g/mol. The van der Waals surface area contributed by atoms with Gasteiger partial charge in [0.25, 0.3) is 9.05 Å². The first kappa shape index (κ1) is 12.3. The Labute approximate surface area is 100.0 Å². The number of benzene rings is 1. The molecule has 0 amide bonds. The molecule has 0 bridgehead atoms. The highest BCUT2D eigenvalue weighted by Gasteiger charge is 2.18. The van der Waals surface area contributed by atoms with E-state index in [2.05, 4.69) is 15.9 Å². The number of hydrogen-bond donors (Lipinski definition) is 0. The second kappa shape index (κ2) is 4.39. The molecule has 0 radical (unpaired) electrons. The van der Waals surface area contributed by atoms with Gasteiger partial charge >= 0.3 is 0 Å². The predicted molar refractivity (Wildman–Crippen MR) is 58.4 cm³/mol. The van der Waals surface area contributed by atoms with Crippen molar-refractivity contribution in [1.29, 1.82) is 5.26 Å². The van der Waals surface area contributed by atoms with Crippen molar-refractivity contribution in [2.75, 3.05) is 7.11 Å². The zero-order chi connectivity index (χ0) is 11.6. The van der Waals surface area contributed by atoms with Crippen LogP contribution in [-0.2, 0) is 9.05 Å². The molecule has 0 aromatic heterocycles. The van der Waals surface area contributed by atoms with Crippen LogP contribution in [0.5, 0.6) is 5.75 Å². The van der Waals surface area contributed by atoms with Crippen LogP contribution < -0.4 is 4.74 Å². The van der Waals surface area contributed by atoms with E-state index < -0.39 is 9.05 Å². The van der Waals surface area contributed by atoms with Crippen molar-refractivity contribution in [3.63, 3.8) is 0 Å². The maximum atomic E-state index is 11.1. The summed E-state index contributed by atoms with van der Waals surface area (Å²) in [6.45, 7) is 0. The first-order valence-corrected chi connectivity index (χ1v) is 6.72. The Morgan fingerprint density at radius 1 is 1.53 bits per heavy atom. The summed E-state index contributed by atoms with van der Waals surface area (Å²) in [6, 6.07) is 4.36. The smallest absolute Gasteiger partial charge is 0.262 e. The van der Waals surface area contributed by atoms with E-state index in [1.165, 1.54) is 13.2 Å². The quantitative estimate of drug-likeness (QED) is 0.786. The normalized spacial score (nSPS) is 10.8. The highest BCUT2D eigenvalue weighted by Crippen LogP contribution is 2.31. The molecule has 80 valence electrons. The summed E-state index contributed by atoms with van der Waals surface area (Å²) in [7, 11) is 2.69. The van der Waals surface area contributed by atoms with Crippen molar-refractivity contribution < 1.29 is 13.2 Å². The van der Waals surface area contributed by atoms with Gasteiger partial charge in [-0.2, -0.15) is 5.26 Å². The fourth-order valence-corrected chi connectivity index (χ4v) is 3.15. The van der Waals surface area contributed by atoms with Gasteiger partial charge in [0.05, 0.1) is 17.6 Å². The molecule has 0 saturated carbocycles. The van der Waals surface area contributed by atoms with Crippen LogP contribution in [0.25, 0.3) is 0 Å². The van der Waals surface area contributed by atoms with Crippen LogP contribution in [0.1, 0.15) is 5.56 Å². The molecule has 0 aliphatic carbocycles. The molecule has 7 heteroatoms. The highest BCUT2D eigenvalue weighted by atomic mass is 79.9. The largest absolute Gasteiger partial charge is 0.495 e. The molecule has 0 atom stereocenters. The third-order valence-corrected chi connectivity index (χ3v) is 3.92. The van der Waals surface area contributed by atoms with E-state index in [0.29, 0.717) is 0 Å². The average Bonchev–Trinajstić information content (AvgIpc) is 2.15. The molecule has 15 heavy (non-hydrogen) atoms. The van der Waals surface area contributed by atoms with E-state index in [1.54, 1.807) is 0 Å². The molecular formula is C8H5BrClNO3S. The maximum absolute atomic E-state index is 11.1. The minimum Gasteiger partial charge on any atom is -0.495 e. The third kappa shape index (κ3) is 2.62. The monoisotopic (exact) mass is 309 g/mol. The third-order valence-electron chi connectivity index (χ3n) is 1.64. The van der Waals surface area contributed by atoms with Crippen molar-refractivity contribution in [3.8, 4) is 11.8 Å². The van der Waals surface area contributed by atoms with Crippen LogP contribution in [0.15, 0.2) is 21.5 Å². The summed E-state index contributed by atoms with van der Waals surface area (Å²) in [6.07, 6.45) is 0. The minimum atomic E-state index is -3.87. The lowest BCUT2D eigenvalue weighted by molar-refractivity contribution is 0.412. The van der Waals surface area contributed by atoms with Gasteiger partial charge in [-0.05, 0) is 28.1 Å². The van der Waals surface area contributed by atoms with Crippen molar-refractivity contribution in [2.45, 2.75) is 4.90 Å². The molecule has 0 spiro atoms. The lowest BCUT2D eigenvalue weighted by Gasteiger charge is -2.06. The van der Waals surface area contributed by atoms with Gasteiger partial charge in [-0.15, -0.1) is 0 Å². The van der Waals surface area contributed by atoms with E-state index in [-0.39, 0.29) is 20.7 Å². The van der Waals surface area contributed by atoms with Gasteiger partial charge < -0.3 is 4.74 Å². The number of nitriles is 1. The van der Waals surface area contributed by atoms with Crippen LogP contribution >= 0.6 is 26.6 Å². The lowest BCUT2D eigenvalue weighted by atomic mass is 10.2. The Morgan fingerprint density at radius 3 is 2.53 bits per heavy atom. The van der Waals surface area contributed by atoms with Crippen LogP contribution in [0, 0.1) is 11.3 Å². The summed E-state index contributed by atoms with van der Waals surface area (Å²) in [4.78, 5) is -0.151. The van der Waals surface area contributed by atoms with Crippen LogP contribution in [0.3, 0.4) is 0 Å². The molecule has 0 aliphatic rings. The number of halogens is 2. The molecule has 0 unspecified atom stereocenters. The second-order valence-corrected chi connectivity index (χ2v) is 5.92. The zero-order valence-corrected chi connectivity index (χ0v) is 10.6. The lowest BCUT2D eigenvalue weighted by Crippen LogP contribution is -1.96. The van der Waals surface area contributed by atoms with Gasteiger partial charge in [0.2, 0.25) is 0 Å². The predicted octanol–water partition coefficient (Wildman–Crippen LogP) is 2.26. The summed E-state index contributed by atoms with van der Waals surface area (Å²) in [5.41, 5.74) is 0.111. The Hall–Kier alpha value is -0.770.